The molecule has 0 aromatic rings. The predicted octanol–water partition coefficient (Wildman–Crippen LogP) is 2.48. The van der Waals surface area contributed by atoms with Crippen LogP contribution in [0.2, 0.25) is 0 Å². The van der Waals surface area contributed by atoms with Crippen LogP contribution in [0.3, 0.4) is 0 Å². The van der Waals surface area contributed by atoms with Gasteiger partial charge in [-0.1, -0.05) is 26.0 Å². The lowest BCUT2D eigenvalue weighted by Gasteiger charge is -2.07. The molecule has 0 heterocycles. The van der Waals surface area contributed by atoms with Crippen molar-refractivity contribution in [3.63, 3.8) is 0 Å². The highest BCUT2D eigenvalue weighted by Crippen LogP contribution is 2.07. The van der Waals surface area contributed by atoms with Gasteiger partial charge in [-0.05, 0) is 11.8 Å². The van der Waals surface area contributed by atoms with Crippen molar-refractivity contribution < 1.29 is 14.3 Å². The first-order valence-electron chi connectivity index (χ1n) is 4.98. The molecule has 0 radical (unpaired) electrons. The standard InChI is InChI=1S/C12H18O3/c1-5-9(3)7-11(13)15-12(14)8-10(4)6-2/h5-6,9-10H,1-2,7-8H2,3-4H3. The maximum atomic E-state index is 11.2. The van der Waals surface area contributed by atoms with Crippen molar-refractivity contribution in [2.24, 2.45) is 11.8 Å². The van der Waals surface area contributed by atoms with Crippen LogP contribution in [0.1, 0.15) is 26.7 Å². The molecule has 0 spiro atoms. The third-order valence-corrected chi connectivity index (χ3v) is 2.01. The van der Waals surface area contributed by atoms with E-state index in [0.29, 0.717) is 0 Å². The van der Waals surface area contributed by atoms with Crippen LogP contribution in [0.25, 0.3) is 0 Å². The molecule has 0 aromatic carbocycles. The fourth-order valence-corrected chi connectivity index (χ4v) is 0.903. The summed E-state index contributed by atoms with van der Waals surface area (Å²) in [5.74, 6) is -0.934. The summed E-state index contributed by atoms with van der Waals surface area (Å²) in [5, 5.41) is 0. The van der Waals surface area contributed by atoms with Crippen LogP contribution in [0.4, 0.5) is 0 Å². The van der Waals surface area contributed by atoms with Gasteiger partial charge in [-0.25, -0.2) is 0 Å². The first-order valence-corrected chi connectivity index (χ1v) is 4.98. The topological polar surface area (TPSA) is 43.4 Å². The zero-order valence-corrected chi connectivity index (χ0v) is 9.36. The largest absolute Gasteiger partial charge is 0.393 e. The van der Waals surface area contributed by atoms with Gasteiger partial charge >= 0.3 is 11.9 Å². The molecule has 2 unspecified atom stereocenters. The Balaban J connectivity index is 3.91. The maximum Gasteiger partial charge on any atom is 0.314 e. The summed E-state index contributed by atoms with van der Waals surface area (Å²) in [6.45, 7) is 10.8. The number of hydrogen-bond acceptors (Lipinski definition) is 3. The lowest BCUT2D eigenvalue weighted by Crippen LogP contribution is -2.15. The van der Waals surface area contributed by atoms with Crippen LogP contribution >= 0.6 is 0 Å². The maximum absolute atomic E-state index is 11.2. The van der Waals surface area contributed by atoms with E-state index in [2.05, 4.69) is 17.9 Å². The van der Waals surface area contributed by atoms with Crippen molar-refractivity contribution in [1.29, 1.82) is 0 Å². The SMILES string of the molecule is C=CC(C)CC(=O)OC(=O)CC(C)C=C. The highest BCUT2D eigenvalue weighted by Gasteiger charge is 2.14. The number of rotatable bonds is 6. The van der Waals surface area contributed by atoms with Crippen molar-refractivity contribution >= 4 is 11.9 Å². The minimum Gasteiger partial charge on any atom is -0.393 e. The lowest BCUT2D eigenvalue weighted by atomic mass is 10.1. The fraction of sp³-hybridized carbons (Fsp3) is 0.500. The van der Waals surface area contributed by atoms with E-state index in [1.165, 1.54) is 0 Å². The highest BCUT2D eigenvalue weighted by molar-refractivity contribution is 5.85. The molecule has 15 heavy (non-hydrogen) atoms. The van der Waals surface area contributed by atoms with Crippen LogP contribution in [0.15, 0.2) is 25.3 Å². The van der Waals surface area contributed by atoms with Crippen molar-refractivity contribution in [3.8, 4) is 0 Å². The zero-order chi connectivity index (χ0) is 11.8. The Morgan fingerprint density at radius 2 is 1.40 bits per heavy atom. The van der Waals surface area contributed by atoms with E-state index in [1.807, 2.05) is 13.8 Å². The number of carbonyl (C=O) groups excluding carboxylic acids is 2. The van der Waals surface area contributed by atoms with Crippen LogP contribution in [-0.2, 0) is 14.3 Å². The van der Waals surface area contributed by atoms with E-state index in [-0.39, 0.29) is 24.7 Å². The van der Waals surface area contributed by atoms with Gasteiger partial charge in [-0.2, -0.15) is 0 Å². The number of allylic oxidation sites excluding steroid dienone is 2. The summed E-state index contributed by atoms with van der Waals surface area (Å²) in [4.78, 5) is 22.4. The van der Waals surface area contributed by atoms with E-state index in [0.717, 1.165) is 0 Å². The molecule has 3 nitrogen and oxygen atoms in total. The van der Waals surface area contributed by atoms with E-state index in [9.17, 15) is 9.59 Å². The average Bonchev–Trinajstić information content (AvgIpc) is 2.16. The van der Waals surface area contributed by atoms with Gasteiger partial charge in [0.1, 0.15) is 0 Å². The van der Waals surface area contributed by atoms with Gasteiger partial charge in [0.15, 0.2) is 0 Å². The van der Waals surface area contributed by atoms with E-state index in [4.69, 9.17) is 0 Å². The first-order chi connectivity index (χ1) is 6.99. The number of ether oxygens (including phenoxy) is 1. The van der Waals surface area contributed by atoms with Gasteiger partial charge in [-0.3, -0.25) is 9.59 Å². The lowest BCUT2D eigenvalue weighted by molar-refractivity contribution is -0.160. The summed E-state index contributed by atoms with van der Waals surface area (Å²) in [5.41, 5.74) is 0. The second-order valence-electron chi connectivity index (χ2n) is 3.68. The second-order valence-corrected chi connectivity index (χ2v) is 3.68. The molecule has 0 aliphatic rings. The van der Waals surface area contributed by atoms with Crippen LogP contribution in [0.5, 0.6) is 0 Å². The Hall–Kier alpha value is -1.38. The van der Waals surface area contributed by atoms with Gasteiger partial charge in [0.25, 0.3) is 0 Å². The van der Waals surface area contributed by atoms with Gasteiger partial charge in [0, 0.05) is 0 Å². The molecule has 0 aliphatic carbocycles. The molecule has 0 N–H and O–H groups in total. The van der Waals surface area contributed by atoms with Crippen molar-refractivity contribution in [1.82, 2.24) is 0 Å². The monoisotopic (exact) mass is 210 g/mol. The third-order valence-electron chi connectivity index (χ3n) is 2.01. The third kappa shape index (κ3) is 6.66. The van der Waals surface area contributed by atoms with Gasteiger partial charge in [-0.15, -0.1) is 13.2 Å². The average molecular weight is 210 g/mol. The minimum atomic E-state index is -0.497. The Kier molecular flexibility index (Phi) is 6.34. The summed E-state index contributed by atoms with van der Waals surface area (Å²) >= 11 is 0. The van der Waals surface area contributed by atoms with Gasteiger partial charge in [0.05, 0.1) is 12.8 Å². The molecule has 84 valence electrons. The smallest absolute Gasteiger partial charge is 0.314 e. The highest BCUT2D eigenvalue weighted by atomic mass is 16.6. The molecule has 0 rings (SSSR count). The van der Waals surface area contributed by atoms with Crippen LogP contribution < -0.4 is 0 Å². The van der Waals surface area contributed by atoms with E-state index < -0.39 is 11.9 Å². The molecule has 0 amide bonds. The normalized spacial score (nSPS) is 13.7. The van der Waals surface area contributed by atoms with Gasteiger partial charge in [0.2, 0.25) is 0 Å². The van der Waals surface area contributed by atoms with Crippen molar-refractivity contribution in [2.45, 2.75) is 26.7 Å². The van der Waals surface area contributed by atoms with Crippen molar-refractivity contribution in [2.75, 3.05) is 0 Å². The van der Waals surface area contributed by atoms with Crippen LogP contribution in [0, 0.1) is 11.8 Å². The van der Waals surface area contributed by atoms with Crippen molar-refractivity contribution in [3.05, 3.63) is 25.3 Å². The predicted molar refractivity (Wildman–Crippen MR) is 59.1 cm³/mol. The summed E-state index contributed by atoms with van der Waals surface area (Å²) in [7, 11) is 0. The quantitative estimate of drug-likeness (QED) is 0.384. The molecule has 3 heteroatoms. The van der Waals surface area contributed by atoms with E-state index in [1.54, 1.807) is 12.2 Å². The Bertz CT molecular complexity index is 230. The summed E-state index contributed by atoms with van der Waals surface area (Å²) in [6, 6.07) is 0. The molecular formula is C12H18O3. The molecule has 0 aromatic heterocycles. The molecule has 0 aliphatic heterocycles. The number of esters is 2. The number of hydrogen-bond donors (Lipinski definition) is 0. The molecule has 0 fully saturated rings. The molecule has 0 saturated carbocycles. The fourth-order valence-electron chi connectivity index (χ4n) is 0.903. The first kappa shape index (κ1) is 13.6. The Morgan fingerprint density at radius 1 is 1.07 bits per heavy atom. The van der Waals surface area contributed by atoms with Gasteiger partial charge < -0.3 is 4.74 Å². The molecule has 0 bridgehead atoms. The molecule has 2 atom stereocenters. The molecular weight excluding hydrogens is 192 g/mol. The summed E-state index contributed by atoms with van der Waals surface area (Å²) in [6.07, 6.45) is 3.69. The second kappa shape index (κ2) is 6.98. The van der Waals surface area contributed by atoms with Crippen LogP contribution in [-0.4, -0.2) is 11.9 Å². The van der Waals surface area contributed by atoms with E-state index >= 15 is 0 Å². The Morgan fingerprint density at radius 3 is 1.67 bits per heavy atom. The summed E-state index contributed by atoms with van der Waals surface area (Å²) < 4.78 is 4.62. The Labute approximate surface area is 90.8 Å². The number of carbonyl (C=O) groups is 2. The molecule has 0 saturated heterocycles. The zero-order valence-electron chi connectivity index (χ0n) is 9.36. The minimum absolute atomic E-state index is 0.0297.